The predicted molar refractivity (Wildman–Crippen MR) is 74.3 cm³/mol. The minimum Gasteiger partial charge on any atom is -0.466 e. The normalized spacial score (nSPS) is 12.2. The molecule has 0 amide bonds. The lowest BCUT2D eigenvalue weighted by molar-refractivity contribution is -0.144. The number of hydrogen-bond acceptors (Lipinski definition) is 3. The zero-order valence-corrected chi connectivity index (χ0v) is 12.4. The minimum absolute atomic E-state index is 0.246. The molecule has 1 unspecified atom stereocenters. The van der Waals surface area contributed by atoms with E-state index >= 15 is 0 Å². The number of halogens is 1. The van der Waals surface area contributed by atoms with Crippen LogP contribution in [0, 0.1) is 6.92 Å². The van der Waals surface area contributed by atoms with E-state index in [9.17, 15) is 9.90 Å². The van der Waals surface area contributed by atoms with E-state index in [4.69, 9.17) is 4.74 Å². The molecule has 0 aliphatic carbocycles. The largest absolute Gasteiger partial charge is 0.466 e. The average molecular weight is 315 g/mol. The van der Waals surface area contributed by atoms with Gasteiger partial charge in [-0.05, 0) is 37.0 Å². The van der Waals surface area contributed by atoms with E-state index in [2.05, 4.69) is 15.9 Å². The second-order valence-electron chi connectivity index (χ2n) is 4.28. The van der Waals surface area contributed by atoms with Gasteiger partial charge < -0.3 is 9.84 Å². The molecule has 1 atom stereocenters. The molecule has 1 rings (SSSR count). The van der Waals surface area contributed by atoms with Crippen LogP contribution in [-0.4, -0.2) is 17.7 Å². The molecule has 0 aliphatic heterocycles. The molecular formula is C14H19BrO3. The molecule has 0 spiro atoms. The Labute approximate surface area is 116 Å². The number of ether oxygens (including phenoxy) is 1. The van der Waals surface area contributed by atoms with Crippen molar-refractivity contribution in [2.75, 3.05) is 6.61 Å². The zero-order valence-electron chi connectivity index (χ0n) is 10.8. The second-order valence-corrected chi connectivity index (χ2v) is 5.14. The minimum atomic E-state index is -0.619. The van der Waals surface area contributed by atoms with E-state index in [0.717, 1.165) is 22.0 Å². The molecule has 4 heteroatoms. The maximum atomic E-state index is 11.3. The van der Waals surface area contributed by atoms with Crippen LogP contribution < -0.4 is 0 Å². The van der Waals surface area contributed by atoms with Crippen LogP contribution in [0.2, 0.25) is 0 Å². The van der Waals surface area contributed by atoms with Gasteiger partial charge in [0.1, 0.15) is 0 Å². The van der Waals surface area contributed by atoms with Crippen LogP contribution in [0.3, 0.4) is 0 Å². The third-order valence-corrected chi connectivity index (χ3v) is 3.55. The van der Waals surface area contributed by atoms with Crippen molar-refractivity contribution in [1.29, 1.82) is 0 Å². The van der Waals surface area contributed by atoms with Crippen LogP contribution in [0.15, 0.2) is 22.7 Å². The van der Waals surface area contributed by atoms with Crippen molar-refractivity contribution in [3.63, 3.8) is 0 Å². The van der Waals surface area contributed by atoms with Crippen molar-refractivity contribution < 1.29 is 14.6 Å². The van der Waals surface area contributed by atoms with Gasteiger partial charge in [-0.15, -0.1) is 0 Å². The first kappa shape index (κ1) is 15.2. The topological polar surface area (TPSA) is 46.5 Å². The lowest BCUT2D eigenvalue weighted by atomic mass is 10.0. The fourth-order valence-electron chi connectivity index (χ4n) is 1.58. The highest BCUT2D eigenvalue weighted by molar-refractivity contribution is 9.10. The summed E-state index contributed by atoms with van der Waals surface area (Å²) in [4.78, 5) is 11.3. The van der Waals surface area contributed by atoms with Crippen molar-refractivity contribution in [2.45, 2.75) is 39.2 Å². The lowest BCUT2D eigenvalue weighted by Crippen LogP contribution is -2.08. The SMILES string of the molecule is CCCOC(=O)CCC(O)c1ccc(Br)c(C)c1. The molecule has 100 valence electrons. The van der Waals surface area contributed by atoms with E-state index in [1.54, 1.807) is 0 Å². The van der Waals surface area contributed by atoms with Crippen molar-refractivity contribution in [1.82, 2.24) is 0 Å². The van der Waals surface area contributed by atoms with Crippen LogP contribution in [0.4, 0.5) is 0 Å². The summed E-state index contributed by atoms with van der Waals surface area (Å²) in [6.45, 7) is 4.37. The average Bonchev–Trinajstić information content (AvgIpc) is 2.36. The van der Waals surface area contributed by atoms with Crippen molar-refractivity contribution in [3.8, 4) is 0 Å². The number of aryl methyl sites for hydroxylation is 1. The van der Waals surface area contributed by atoms with Gasteiger partial charge in [0.15, 0.2) is 0 Å². The number of carbonyl (C=O) groups is 1. The Kier molecular flexibility index (Phi) is 6.36. The first-order valence-electron chi connectivity index (χ1n) is 6.14. The Hall–Kier alpha value is -0.870. The van der Waals surface area contributed by atoms with E-state index in [1.807, 2.05) is 32.0 Å². The summed E-state index contributed by atoms with van der Waals surface area (Å²) in [7, 11) is 0. The number of carbonyl (C=O) groups excluding carboxylic acids is 1. The number of aliphatic hydroxyl groups excluding tert-OH is 1. The highest BCUT2D eigenvalue weighted by Gasteiger charge is 2.11. The summed E-state index contributed by atoms with van der Waals surface area (Å²) < 4.78 is 5.98. The van der Waals surface area contributed by atoms with Gasteiger partial charge in [0.2, 0.25) is 0 Å². The molecule has 1 aromatic carbocycles. The lowest BCUT2D eigenvalue weighted by Gasteiger charge is -2.12. The molecule has 18 heavy (non-hydrogen) atoms. The van der Waals surface area contributed by atoms with E-state index in [-0.39, 0.29) is 12.4 Å². The fraction of sp³-hybridized carbons (Fsp3) is 0.500. The molecule has 0 saturated carbocycles. The van der Waals surface area contributed by atoms with Gasteiger partial charge in [0, 0.05) is 10.9 Å². The summed E-state index contributed by atoms with van der Waals surface area (Å²) in [6.07, 6.45) is 0.839. The predicted octanol–water partition coefficient (Wildman–Crippen LogP) is 3.52. The van der Waals surface area contributed by atoms with Crippen molar-refractivity contribution in [3.05, 3.63) is 33.8 Å². The fourth-order valence-corrected chi connectivity index (χ4v) is 1.83. The number of aliphatic hydroxyl groups is 1. The first-order valence-corrected chi connectivity index (χ1v) is 6.93. The Morgan fingerprint density at radius 3 is 2.83 bits per heavy atom. The highest BCUT2D eigenvalue weighted by atomic mass is 79.9. The Bertz CT molecular complexity index is 404. The van der Waals surface area contributed by atoms with Gasteiger partial charge in [0.25, 0.3) is 0 Å². The number of hydrogen-bond donors (Lipinski definition) is 1. The molecule has 0 heterocycles. The second kappa shape index (κ2) is 7.54. The maximum absolute atomic E-state index is 11.3. The van der Waals surface area contributed by atoms with Crippen molar-refractivity contribution >= 4 is 21.9 Å². The molecule has 3 nitrogen and oxygen atoms in total. The van der Waals surface area contributed by atoms with Gasteiger partial charge in [-0.3, -0.25) is 4.79 Å². The third kappa shape index (κ3) is 4.78. The quantitative estimate of drug-likeness (QED) is 0.817. The molecule has 1 aromatic rings. The molecule has 0 saturated heterocycles. The number of benzene rings is 1. The zero-order chi connectivity index (χ0) is 13.5. The molecule has 0 radical (unpaired) electrons. The Morgan fingerprint density at radius 2 is 2.22 bits per heavy atom. The molecule has 1 N–H and O–H groups in total. The van der Waals surface area contributed by atoms with E-state index < -0.39 is 6.10 Å². The monoisotopic (exact) mass is 314 g/mol. The van der Waals surface area contributed by atoms with Gasteiger partial charge >= 0.3 is 5.97 Å². The van der Waals surface area contributed by atoms with Gasteiger partial charge in [0.05, 0.1) is 12.7 Å². The summed E-state index contributed by atoms with van der Waals surface area (Å²) >= 11 is 3.41. The van der Waals surface area contributed by atoms with Crippen LogP contribution in [0.25, 0.3) is 0 Å². The summed E-state index contributed by atoms with van der Waals surface area (Å²) in [5, 5.41) is 9.99. The van der Waals surface area contributed by atoms with Gasteiger partial charge in [-0.1, -0.05) is 35.0 Å². The summed E-state index contributed by atoms with van der Waals surface area (Å²) in [6, 6.07) is 5.69. The standard InChI is InChI=1S/C14H19BrO3/c1-3-8-18-14(17)7-6-13(16)11-4-5-12(15)10(2)9-11/h4-5,9,13,16H,3,6-8H2,1-2H3. The molecule has 0 aromatic heterocycles. The molecule has 0 bridgehead atoms. The molecule has 0 aliphatic rings. The highest BCUT2D eigenvalue weighted by Crippen LogP contribution is 2.24. The van der Waals surface area contributed by atoms with Crippen LogP contribution >= 0.6 is 15.9 Å². The Balaban J connectivity index is 2.47. The van der Waals surface area contributed by atoms with Crippen LogP contribution in [-0.2, 0) is 9.53 Å². The number of esters is 1. The van der Waals surface area contributed by atoms with Crippen LogP contribution in [0.1, 0.15) is 43.4 Å². The molecular weight excluding hydrogens is 296 g/mol. The van der Waals surface area contributed by atoms with Crippen molar-refractivity contribution in [2.24, 2.45) is 0 Å². The summed E-state index contributed by atoms with van der Waals surface area (Å²) in [5.41, 5.74) is 1.90. The Morgan fingerprint density at radius 1 is 1.50 bits per heavy atom. The molecule has 0 fully saturated rings. The van der Waals surface area contributed by atoms with E-state index in [0.29, 0.717) is 13.0 Å². The third-order valence-electron chi connectivity index (χ3n) is 2.66. The first-order chi connectivity index (χ1) is 8.54. The maximum Gasteiger partial charge on any atom is 0.305 e. The van der Waals surface area contributed by atoms with Crippen LogP contribution in [0.5, 0.6) is 0 Å². The number of rotatable bonds is 6. The smallest absolute Gasteiger partial charge is 0.305 e. The summed E-state index contributed by atoms with van der Waals surface area (Å²) in [5.74, 6) is -0.246. The van der Waals surface area contributed by atoms with Gasteiger partial charge in [-0.2, -0.15) is 0 Å². The van der Waals surface area contributed by atoms with Gasteiger partial charge in [-0.25, -0.2) is 0 Å². The van der Waals surface area contributed by atoms with E-state index in [1.165, 1.54) is 0 Å².